The normalized spacial score (nSPS) is 11.0. The van der Waals surface area contributed by atoms with Crippen LogP contribution in [0, 0.1) is 0 Å². The van der Waals surface area contributed by atoms with Crippen LogP contribution in [0.25, 0.3) is 0 Å². The number of methoxy groups -OCH3 is 2. The first-order valence-corrected chi connectivity index (χ1v) is 4.24. The van der Waals surface area contributed by atoms with Gasteiger partial charge in [-0.05, 0) is 6.07 Å². The van der Waals surface area contributed by atoms with Crippen LogP contribution in [0.5, 0.6) is 5.88 Å². The summed E-state index contributed by atoms with van der Waals surface area (Å²) >= 11 is 0. The zero-order valence-corrected chi connectivity index (χ0v) is 8.80. The van der Waals surface area contributed by atoms with Crippen LogP contribution in [0.3, 0.4) is 0 Å². The van der Waals surface area contributed by atoms with Crippen LogP contribution in [-0.4, -0.2) is 36.2 Å². The number of nitrogens with two attached hydrogens (primary N) is 1. The summed E-state index contributed by atoms with van der Waals surface area (Å²) in [5.41, 5.74) is 5.72. The second-order valence-electron chi connectivity index (χ2n) is 2.76. The molecule has 7 nitrogen and oxygen atoms in total. The molecular weight excluding hydrogens is 214 g/mol. The van der Waals surface area contributed by atoms with E-state index in [1.165, 1.54) is 26.4 Å². The predicted octanol–water partition coefficient (Wildman–Crippen LogP) is -0.0287. The molecule has 0 bridgehead atoms. The standard InChI is InChI=1S/C9H11N3O4/c1-15-7-4-5(8(10)12-14)3-6(11-7)9(13)16-2/h3-4,14H,1-2H3,(H2,10,12). The van der Waals surface area contributed by atoms with Crippen molar-refractivity contribution in [3.63, 3.8) is 0 Å². The number of oxime groups is 1. The molecule has 7 heteroatoms. The van der Waals surface area contributed by atoms with E-state index in [1.807, 2.05) is 0 Å². The highest BCUT2D eigenvalue weighted by Crippen LogP contribution is 2.13. The molecule has 0 saturated heterocycles. The van der Waals surface area contributed by atoms with Gasteiger partial charge in [0.1, 0.15) is 0 Å². The Hall–Kier alpha value is -2.31. The summed E-state index contributed by atoms with van der Waals surface area (Å²) in [6.45, 7) is 0. The Balaban J connectivity index is 3.26. The molecule has 3 N–H and O–H groups in total. The zero-order valence-electron chi connectivity index (χ0n) is 8.80. The Morgan fingerprint density at radius 2 is 2.19 bits per heavy atom. The van der Waals surface area contributed by atoms with E-state index in [2.05, 4.69) is 14.9 Å². The molecule has 86 valence electrons. The van der Waals surface area contributed by atoms with Crippen molar-refractivity contribution in [1.29, 1.82) is 0 Å². The summed E-state index contributed by atoms with van der Waals surface area (Å²) in [7, 11) is 2.62. The summed E-state index contributed by atoms with van der Waals surface area (Å²) in [4.78, 5) is 15.1. The van der Waals surface area contributed by atoms with E-state index in [9.17, 15) is 4.79 Å². The van der Waals surface area contributed by atoms with Crippen molar-refractivity contribution in [2.75, 3.05) is 14.2 Å². The van der Waals surface area contributed by atoms with E-state index in [0.29, 0.717) is 5.56 Å². The zero-order chi connectivity index (χ0) is 12.1. The molecule has 0 saturated carbocycles. The number of carbonyl (C=O) groups excluding carboxylic acids is 1. The Bertz CT molecular complexity index is 431. The maximum atomic E-state index is 11.3. The quantitative estimate of drug-likeness (QED) is 0.246. The largest absolute Gasteiger partial charge is 0.481 e. The molecule has 0 unspecified atom stereocenters. The minimum atomic E-state index is -0.633. The van der Waals surface area contributed by atoms with Crippen LogP contribution >= 0.6 is 0 Å². The van der Waals surface area contributed by atoms with Crippen molar-refractivity contribution >= 4 is 11.8 Å². The molecule has 1 rings (SSSR count). The molecule has 0 aliphatic rings. The van der Waals surface area contributed by atoms with Gasteiger partial charge in [0.2, 0.25) is 5.88 Å². The van der Waals surface area contributed by atoms with Gasteiger partial charge in [-0.1, -0.05) is 5.16 Å². The maximum absolute atomic E-state index is 11.3. The Morgan fingerprint density at radius 1 is 1.50 bits per heavy atom. The molecule has 0 spiro atoms. The van der Waals surface area contributed by atoms with Crippen molar-refractivity contribution in [1.82, 2.24) is 4.98 Å². The SMILES string of the molecule is COC(=O)c1cc(C(N)=NO)cc(OC)n1. The first kappa shape index (κ1) is 11.8. The highest BCUT2D eigenvalue weighted by atomic mass is 16.5. The highest BCUT2D eigenvalue weighted by molar-refractivity contribution is 5.99. The third kappa shape index (κ3) is 2.38. The van der Waals surface area contributed by atoms with Gasteiger partial charge in [0.05, 0.1) is 14.2 Å². The molecule has 0 atom stereocenters. The lowest BCUT2D eigenvalue weighted by Gasteiger charge is -2.05. The number of carbonyl (C=O) groups is 1. The average molecular weight is 225 g/mol. The van der Waals surface area contributed by atoms with Gasteiger partial charge >= 0.3 is 5.97 Å². The molecule has 0 amide bonds. The van der Waals surface area contributed by atoms with Gasteiger partial charge in [-0.3, -0.25) is 0 Å². The molecule has 1 heterocycles. The van der Waals surface area contributed by atoms with E-state index < -0.39 is 5.97 Å². The lowest BCUT2D eigenvalue weighted by Crippen LogP contribution is -2.15. The van der Waals surface area contributed by atoms with Gasteiger partial charge < -0.3 is 20.4 Å². The van der Waals surface area contributed by atoms with Gasteiger partial charge in [-0.15, -0.1) is 0 Å². The third-order valence-corrected chi connectivity index (χ3v) is 1.81. The number of rotatable bonds is 3. The van der Waals surface area contributed by atoms with Crippen LogP contribution in [0.1, 0.15) is 16.1 Å². The fourth-order valence-corrected chi connectivity index (χ4v) is 1.02. The van der Waals surface area contributed by atoms with E-state index in [4.69, 9.17) is 15.7 Å². The number of ether oxygens (including phenoxy) is 2. The van der Waals surface area contributed by atoms with E-state index in [-0.39, 0.29) is 17.4 Å². The van der Waals surface area contributed by atoms with Crippen LogP contribution in [0.15, 0.2) is 17.3 Å². The third-order valence-electron chi connectivity index (χ3n) is 1.81. The second kappa shape index (κ2) is 4.96. The minimum absolute atomic E-state index is 0.0171. The van der Waals surface area contributed by atoms with Gasteiger partial charge in [0, 0.05) is 11.6 Å². The average Bonchev–Trinajstić information content (AvgIpc) is 2.35. The highest BCUT2D eigenvalue weighted by Gasteiger charge is 2.12. The predicted molar refractivity (Wildman–Crippen MR) is 54.6 cm³/mol. The summed E-state index contributed by atoms with van der Waals surface area (Å²) in [6.07, 6.45) is 0. The second-order valence-corrected chi connectivity index (χ2v) is 2.76. The summed E-state index contributed by atoms with van der Waals surface area (Å²) in [6, 6.07) is 2.77. The van der Waals surface area contributed by atoms with Gasteiger partial charge in [0.15, 0.2) is 11.5 Å². The molecule has 0 aliphatic carbocycles. The number of nitrogens with zero attached hydrogens (tertiary/aromatic N) is 2. The number of hydrogen-bond acceptors (Lipinski definition) is 6. The number of hydrogen-bond donors (Lipinski definition) is 2. The number of aromatic nitrogens is 1. The minimum Gasteiger partial charge on any atom is -0.481 e. The van der Waals surface area contributed by atoms with Crippen molar-refractivity contribution in [3.8, 4) is 5.88 Å². The lowest BCUT2D eigenvalue weighted by atomic mass is 10.2. The van der Waals surface area contributed by atoms with E-state index in [0.717, 1.165) is 0 Å². The maximum Gasteiger partial charge on any atom is 0.356 e. The lowest BCUT2D eigenvalue weighted by molar-refractivity contribution is 0.0593. The molecule has 16 heavy (non-hydrogen) atoms. The fourth-order valence-electron chi connectivity index (χ4n) is 1.02. The molecular formula is C9H11N3O4. The monoisotopic (exact) mass is 225 g/mol. The molecule has 0 aliphatic heterocycles. The van der Waals surface area contributed by atoms with Crippen molar-refractivity contribution in [2.45, 2.75) is 0 Å². The molecule has 0 radical (unpaired) electrons. The summed E-state index contributed by atoms with van der Waals surface area (Å²) in [5, 5.41) is 11.3. The number of esters is 1. The van der Waals surface area contributed by atoms with Crippen LogP contribution < -0.4 is 10.5 Å². The van der Waals surface area contributed by atoms with Gasteiger partial charge in [-0.25, -0.2) is 9.78 Å². The van der Waals surface area contributed by atoms with Gasteiger partial charge in [0.25, 0.3) is 0 Å². The van der Waals surface area contributed by atoms with Crippen LogP contribution in [0.2, 0.25) is 0 Å². The van der Waals surface area contributed by atoms with Crippen LogP contribution in [-0.2, 0) is 4.74 Å². The topological polar surface area (TPSA) is 107 Å². The first-order chi connectivity index (χ1) is 7.62. The molecule has 1 aromatic heterocycles. The molecule has 1 aromatic rings. The van der Waals surface area contributed by atoms with Crippen LogP contribution in [0.4, 0.5) is 0 Å². The van der Waals surface area contributed by atoms with Crippen molar-refractivity contribution in [3.05, 3.63) is 23.4 Å². The molecule has 0 aromatic carbocycles. The van der Waals surface area contributed by atoms with E-state index in [1.54, 1.807) is 0 Å². The Morgan fingerprint density at radius 3 is 2.69 bits per heavy atom. The summed E-state index contributed by atoms with van der Waals surface area (Å²) < 4.78 is 9.38. The Kier molecular flexibility index (Phi) is 3.65. The smallest absolute Gasteiger partial charge is 0.356 e. The van der Waals surface area contributed by atoms with E-state index >= 15 is 0 Å². The molecule has 0 fully saturated rings. The van der Waals surface area contributed by atoms with Gasteiger partial charge in [-0.2, -0.15) is 0 Å². The summed E-state index contributed by atoms with van der Waals surface area (Å²) in [5.74, 6) is -0.610. The van der Waals surface area contributed by atoms with Crippen molar-refractivity contribution < 1.29 is 19.5 Å². The van der Waals surface area contributed by atoms with Crippen molar-refractivity contribution in [2.24, 2.45) is 10.9 Å². The Labute approximate surface area is 91.5 Å². The number of amidine groups is 1. The number of pyridine rings is 1. The first-order valence-electron chi connectivity index (χ1n) is 4.24. The fraction of sp³-hybridized carbons (Fsp3) is 0.222.